The number of unbranched alkanes of at least 4 members (excludes halogenated alkanes) is 13. The van der Waals surface area contributed by atoms with Crippen molar-refractivity contribution in [2.24, 2.45) is 0 Å². The molecule has 1 aromatic carbocycles. The average Bonchev–Trinajstić information content (AvgIpc) is 2.64. The minimum absolute atomic E-state index is 0. The van der Waals surface area contributed by atoms with E-state index in [9.17, 15) is 0 Å². The molecule has 0 N–H and O–H groups in total. The van der Waals surface area contributed by atoms with E-state index in [0.29, 0.717) is 6.04 Å². The molecule has 0 aliphatic rings. The van der Waals surface area contributed by atoms with Crippen molar-refractivity contribution in [2.45, 2.75) is 109 Å². The zero-order valence-electron chi connectivity index (χ0n) is 19.4. The Hall–Kier alpha value is -0.340. The van der Waals surface area contributed by atoms with Gasteiger partial charge in [-0.25, -0.2) is 0 Å². The fourth-order valence-electron chi connectivity index (χ4n) is 4.21. The largest absolute Gasteiger partial charge is 1.00 e. The maximum atomic E-state index is 2.33. The second-order valence-corrected chi connectivity index (χ2v) is 9.43. The van der Waals surface area contributed by atoms with E-state index in [1.54, 1.807) is 0 Å². The van der Waals surface area contributed by atoms with Gasteiger partial charge < -0.3 is 21.5 Å². The molecule has 0 amide bonds. The van der Waals surface area contributed by atoms with E-state index in [1.807, 2.05) is 0 Å². The Bertz CT molecular complexity index is 437. The Morgan fingerprint density at radius 3 is 1.39 bits per heavy atom. The highest BCUT2D eigenvalue weighted by atomic mass is 79.9. The maximum Gasteiger partial charge on any atom is 0.114 e. The molecular formula is C26H48BrN. The Kier molecular flexibility index (Phi) is 17.3. The molecule has 0 aromatic heterocycles. The van der Waals surface area contributed by atoms with Crippen LogP contribution in [0, 0.1) is 0 Å². The first-order valence-electron chi connectivity index (χ1n) is 11.9. The molecule has 0 radical (unpaired) electrons. The summed E-state index contributed by atoms with van der Waals surface area (Å²) in [7, 11) is 7.00. The highest BCUT2D eigenvalue weighted by molar-refractivity contribution is 5.17. The summed E-state index contributed by atoms with van der Waals surface area (Å²) in [6.07, 6.45) is 21.4. The van der Waals surface area contributed by atoms with Crippen LogP contribution in [0.25, 0.3) is 0 Å². The topological polar surface area (TPSA) is 0 Å². The lowest BCUT2D eigenvalue weighted by Crippen LogP contribution is -3.00. The number of halogens is 1. The number of rotatable bonds is 17. The SMILES string of the molecule is CCCCCCCCCCCCCCCCC(c1ccccc1)[N+](C)(C)C.[Br-]. The minimum atomic E-state index is 0. The fourth-order valence-corrected chi connectivity index (χ4v) is 4.21. The zero-order valence-corrected chi connectivity index (χ0v) is 21.0. The van der Waals surface area contributed by atoms with E-state index in [0.717, 1.165) is 4.48 Å². The number of nitrogens with zero attached hydrogens (tertiary/aromatic N) is 1. The summed E-state index contributed by atoms with van der Waals surface area (Å²) in [5, 5.41) is 0. The molecule has 1 unspecified atom stereocenters. The molecule has 0 saturated carbocycles. The van der Waals surface area contributed by atoms with E-state index in [4.69, 9.17) is 0 Å². The summed E-state index contributed by atoms with van der Waals surface area (Å²) in [6, 6.07) is 11.7. The van der Waals surface area contributed by atoms with Gasteiger partial charge in [-0.05, 0) is 6.42 Å². The summed E-state index contributed by atoms with van der Waals surface area (Å²) < 4.78 is 1.03. The number of hydrogen-bond donors (Lipinski definition) is 0. The van der Waals surface area contributed by atoms with Gasteiger partial charge in [-0.3, -0.25) is 0 Å². The van der Waals surface area contributed by atoms with Crippen molar-refractivity contribution in [3.8, 4) is 0 Å². The molecule has 0 saturated heterocycles. The first-order chi connectivity index (χ1) is 13.1. The van der Waals surface area contributed by atoms with Crippen LogP contribution in [-0.2, 0) is 0 Å². The van der Waals surface area contributed by atoms with Gasteiger partial charge in [0.25, 0.3) is 0 Å². The van der Waals surface area contributed by atoms with Crippen LogP contribution in [0.5, 0.6) is 0 Å². The van der Waals surface area contributed by atoms with Crippen molar-refractivity contribution in [2.75, 3.05) is 21.1 Å². The quantitative estimate of drug-likeness (QED) is 0.221. The van der Waals surface area contributed by atoms with Crippen LogP contribution in [0.4, 0.5) is 0 Å². The van der Waals surface area contributed by atoms with Crippen molar-refractivity contribution in [3.05, 3.63) is 35.9 Å². The summed E-state index contributed by atoms with van der Waals surface area (Å²) in [5.41, 5.74) is 1.50. The number of benzene rings is 1. The standard InChI is InChI=1S/C26H48N.BrH/c1-5-6-7-8-9-10-11-12-13-14-15-16-17-21-24-26(27(2,3)4)25-22-19-18-20-23-25;/h18-20,22-23,26H,5-17,21,24H2,1-4H3;1H/q+1;/p-1. The Morgan fingerprint density at radius 2 is 1.00 bits per heavy atom. The van der Waals surface area contributed by atoms with Crippen LogP contribution in [-0.4, -0.2) is 25.6 Å². The van der Waals surface area contributed by atoms with Crippen LogP contribution in [0.2, 0.25) is 0 Å². The molecule has 28 heavy (non-hydrogen) atoms. The van der Waals surface area contributed by atoms with E-state index >= 15 is 0 Å². The van der Waals surface area contributed by atoms with Gasteiger partial charge in [-0.2, -0.15) is 0 Å². The molecule has 0 fully saturated rings. The van der Waals surface area contributed by atoms with Crippen LogP contribution in [0.15, 0.2) is 30.3 Å². The second-order valence-electron chi connectivity index (χ2n) is 9.43. The van der Waals surface area contributed by atoms with Crippen LogP contribution in [0.3, 0.4) is 0 Å². The molecule has 0 bridgehead atoms. The molecule has 2 heteroatoms. The molecule has 0 aliphatic heterocycles. The Labute approximate surface area is 187 Å². The van der Waals surface area contributed by atoms with Gasteiger partial charge >= 0.3 is 0 Å². The smallest absolute Gasteiger partial charge is 0.114 e. The zero-order chi connectivity index (χ0) is 19.8. The summed E-state index contributed by atoms with van der Waals surface area (Å²) in [4.78, 5) is 0. The lowest BCUT2D eigenvalue weighted by atomic mass is 9.97. The number of quaternary nitrogens is 1. The molecule has 1 aromatic rings. The molecule has 0 aliphatic carbocycles. The van der Waals surface area contributed by atoms with Gasteiger partial charge in [0.05, 0.1) is 21.1 Å². The molecule has 1 atom stereocenters. The van der Waals surface area contributed by atoms with E-state index in [-0.39, 0.29) is 17.0 Å². The summed E-state index contributed by atoms with van der Waals surface area (Å²) >= 11 is 0. The van der Waals surface area contributed by atoms with Crippen LogP contribution >= 0.6 is 0 Å². The van der Waals surface area contributed by atoms with Gasteiger partial charge in [0, 0.05) is 12.0 Å². The van der Waals surface area contributed by atoms with Gasteiger partial charge in [-0.1, -0.05) is 121 Å². The lowest BCUT2D eigenvalue weighted by Gasteiger charge is -2.34. The Balaban J connectivity index is 0.00000729. The highest BCUT2D eigenvalue weighted by Crippen LogP contribution is 2.29. The summed E-state index contributed by atoms with van der Waals surface area (Å²) in [5.74, 6) is 0. The van der Waals surface area contributed by atoms with E-state index in [2.05, 4.69) is 58.4 Å². The van der Waals surface area contributed by atoms with Crippen LogP contribution < -0.4 is 17.0 Å². The van der Waals surface area contributed by atoms with Crippen molar-refractivity contribution in [1.82, 2.24) is 0 Å². The van der Waals surface area contributed by atoms with Crippen LogP contribution in [0.1, 0.15) is 115 Å². The van der Waals surface area contributed by atoms with E-state index in [1.165, 1.54) is 102 Å². The third kappa shape index (κ3) is 13.8. The monoisotopic (exact) mass is 453 g/mol. The van der Waals surface area contributed by atoms with Crippen molar-refractivity contribution < 1.29 is 21.5 Å². The van der Waals surface area contributed by atoms with Crippen molar-refractivity contribution >= 4 is 0 Å². The number of hydrogen-bond acceptors (Lipinski definition) is 0. The normalized spacial score (nSPS) is 12.6. The Morgan fingerprint density at radius 1 is 0.607 bits per heavy atom. The van der Waals surface area contributed by atoms with Crippen molar-refractivity contribution in [1.29, 1.82) is 0 Å². The fraction of sp³-hybridized carbons (Fsp3) is 0.769. The average molecular weight is 455 g/mol. The molecular weight excluding hydrogens is 406 g/mol. The predicted molar refractivity (Wildman–Crippen MR) is 122 cm³/mol. The molecule has 0 spiro atoms. The minimum Gasteiger partial charge on any atom is -1.00 e. The first kappa shape index (κ1) is 27.7. The third-order valence-corrected chi connectivity index (χ3v) is 5.95. The van der Waals surface area contributed by atoms with Gasteiger partial charge in [0.1, 0.15) is 6.04 Å². The lowest BCUT2D eigenvalue weighted by molar-refractivity contribution is -0.902. The predicted octanol–water partition coefficient (Wildman–Crippen LogP) is 5.31. The third-order valence-electron chi connectivity index (χ3n) is 5.95. The van der Waals surface area contributed by atoms with E-state index < -0.39 is 0 Å². The first-order valence-corrected chi connectivity index (χ1v) is 11.9. The molecule has 0 heterocycles. The molecule has 1 nitrogen and oxygen atoms in total. The second kappa shape index (κ2) is 17.5. The highest BCUT2D eigenvalue weighted by Gasteiger charge is 2.24. The maximum absolute atomic E-state index is 2.33. The van der Waals surface area contributed by atoms with Crippen molar-refractivity contribution in [3.63, 3.8) is 0 Å². The molecule has 1 rings (SSSR count). The van der Waals surface area contributed by atoms with Gasteiger partial charge in [0.15, 0.2) is 0 Å². The molecule has 164 valence electrons. The summed E-state index contributed by atoms with van der Waals surface area (Å²) in [6.45, 7) is 2.30. The van der Waals surface area contributed by atoms with Gasteiger partial charge in [-0.15, -0.1) is 0 Å². The van der Waals surface area contributed by atoms with Gasteiger partial charge in [0.2, 0.25) is 0 Å².